The number of fused-ring (bicyclic) bond motifs is 1. The van der Waals surface area contributed by atoms with E-state index in [1.165, 1.54) is 11.1 Å². The monoisotopic (exact) mass is 264 g/mol. The number of hydrogen-bond donors (Lipinski definition) is 3. The average Bonchev–Trinajstić information content (AvgIpc) is 2.43. The van der Waals surface area contributed by atoms with Crippen molar-refractivity contribution in [3.05, 3.63) is 29.3 Å². The molecule has 104 valence electrons. The summed E-state index contributed by atoms with van der Waals surface area (Å²) in [5.74, 6) is 0.122. The number of rotatable bonds is 5. The quantitative estimate of drug-likeness (QED) is 0.723. The molecule has 0 aromatic heterocycles. The number of ether oxygens (including phenoxy) is 1. The fraction of sp³-hybridized carbons (Fsp3) is 0.500. The molecule has 4 N–H and O–H groups in total. The lowest BCUT2D eigenvalue weighted by atomic mass is 9.87. The van der Waals surface area contributed by atoms with Gasteiger partial charge in [-0.1, -0.05) is 6.07 Å². The fourth-order valence-electron chi connectivity index (χ4n) is 2.47. The van der Waals surface area contributed by atoms with E-state index in [1.54, 1.807) is 7.11 Å². The molecule has 2 rings (SSSR count). The molecule has 5 nitrogen and oxygen atoms in total. The molecule has 2 unspecified atom stereocenters. The molecule has 1 aliphatic carbocycles. The maximum absolute atomic E-state index is 10.8. The van der Waals surface area contributed by atoms with Crippen LogP contribution in [0.3, 0.4) is 0 Å². The van der Waals surface area contributed by atoms with E-state index >= 15 is 0 Å². The Morgan fingerprint density at radius 2 is 2.42 bits per heavy atom. The molecule has 0 radical (unpaired) electrons. The maximum Gasteiger partial charge on any atom is 0.247 e. The molecule has 1 aromatic rings. The molecular weight excluding hydrogens is 244 g/mol. The molecule has 0 bridgehead atoms. The van der Waals surface area contributed by atoms with E-state index in [0.717, 1.165) is 25.0 Å². The van der Waals surface area contributed by atoms with E-state index in [4.69, 9.17) is 10.5 Å². The van der Waals surface area contributed by atoms with Crippen LogP contribution in [-0.4, -0.2) is 30.8 Å². The van der Waals surface area contributed by atoms with Crippen LogP contribution in [0.4, 0.5) is 0 Å². The van der Waals surface area contributed by atoms with Crippen molar-refractivity contribution in [2.45, 2.75) is 31.4 Å². The smallest absolute Gasteiger partial charge is 0.247 e. The number of methoxy groups -OCH3 is 1. The van der Waals surface area contributed by atoms with Crippen LogP contribution in [-0.2, 0) is 11.2 Å². The number of benzene rings is 1. The number of aryl methyl sites for hydroxylation is 1. The van der Waals surface area contributed by atoms with Crippen molar-refractivity contribution in [3.8, 4) is 5.75 Å². The summed E-state index contributed by atoms with van der Waals surface area (Å²) >= 11 is 0. The number of nitrogens with two attached hydrogens (primary N) is 1. The Morgan fingerprint density at radius 1 is 1.63 bits per heavy atom. The fourth-order valence-corrected chi connectivity index (χ4v) is 2.47. The Hall–Kier alpha value is -1.59. The largest absolute Gasteiger partial charge is 0.497 e. The second-order valence-corrected chi connectivity index (χ2v) is 4.84. The molecular formula is C14H20N2O3. The van der Waals surface area contributed by atoms with Gasteiger partial charge in [-0.25, -0.2) is 0 Å². The van der Waals surface area contributed by atoms with E-state index in [0.29, 0.717) is 0 Å². The van der Waals surface area contributed by atoms with Crippen molar-refractivity contribution in [2.24, 2.45) is 5.73 Å². The highest BCUT2D eigenvalue weighted by molar-refractivity contribution is 5.78. The van der Waals surface area contributed by atoms with Crippen LogP contribution in [0, 0.1) is 0 Å². The summed E-state index contributed by atoms with van der Waals surface area (Å²) < 4.78 is 5.24. The summed E-state index contributed by atoms with van der Waals surface area (Å²) in [6, 6.07) is 6.18. The van der Waals surface area contributed by atoms with Crippen molar-refractivity contribution in [1.29, 1.82) is 0 Å². The lowest BCUT2D eigenvalue weighted by Gasteiger charge is -2.27. The van der Waals surface area contributed by atoms with Crippen molar-refractivity contribution >= 4 is 5.91 Å². The van der Waals surface area contributed by atoms with Gasteiger partial charge < -0.3 is 20.9 Å². The number of hydrogen-bond acceptors (Lipinski definition) is 4. The molecule has 1 aliphatic rings. The molecule has 0 fully saturated rings. The minimum absolute atomic E-state index is 0.132. The highest BCUT2D eigenvalue weighted by Crippen LogP contribution is 2.32. The minimum Gasteiger partial charge on any atom is -0.497 e. The SMILES string of the molecule is COc1ccc2c(c1)C(NCC(O)C(N)=O)CCC2. The van der Waals surface area contributed by atoms with Crippen molar-refractivity contribution in [3.63, 3.8) is 0 Å². The van der Waals surface area contributed by atoms with Crippen LogP contribution >= 0.6 is 0 Å². The average molecular weight is 264 g/mol. The van der Waals surface area contributed by atoms with Gasteiger partial charge in [-0.15, -0.1) is 0 Å². The summed E-state index contributed by atoms with van der Waals surface area (Å²) in [5, 5.41) is 12.6. The third-order valence-corrected chi connectivity index (χ3v) is 3.55. The number of carbonyl (C=O) groups is 1. The number of primary amides is 1. The van der Waals surface area contributed by atoms with Gasteiger partial charge in [0.25, 0.3) is 0 Å². The van der Waals surface area contributed by atoms with Crippen LogP contribution in [0.15, 0.2) is 18.2 Å². The summed E-state index contributed by atoms with van der Waals surface area (Å²) in [5.41, 5.74) is 7.52. The van der Waals surface area contributed by atoms with Gasteiger partial charge in [0.15, 0.2) is 0 Å². The normalized spacial score (nSPS) is 19.6. The lowest BCUT2D eigenvalue weighted by molar-refractivity contribution is -0.125. The number of carbonyl (C=O) groups excluding carboxylic acids is 1. The summed E-state index contributed by atoms with van der Waals surface area (Å²) in [6.07, 6.45) is 1.97. The highest BCUT2D eigenvalue weighted by atomic mass is 16.5. The molecule has 0 saturated carbocycles. The zero-order chi connectivity index (χ0) is 13.8. The predicted octanol–water partition coefficient (Wildman–Crippen LogP) is 0.508. The molecule has 2 atom stereocenters. The standard InChI is InChI=1S/C14H20N2O3/c1-19-10-6-5-9-3-2-4-12(11(9)7-10)16-8-13(17)14(15)18/h5-7,12-13,16-17H,2-4,8H2,1H3,(H2,15,18). The predicted molar refractivity (Wildman–Crippen MR) is 71.9 cm³/mol. The molecule has 0 heterocycles. The summed E-state index contributed by atoms with van der Waals surface area (Å²) in [6.45, 7) is 0.177. The Morgan fingerprint density at radius 3 is 3.11 bits per heavy atom. The second kappa shape index (κ2) is 6.04. The second-order valence-electron chi connectivity index (χ2n) is 4.84. The van der Waals surface area contributed by atoms with Gasteiger partial charge in [-0.05, 0) is 42.5 Å². The molecule has 0 spiro atoms. The van der Waals surface area contributed by atoms with Crippen LogP contribution in [0.1, 0.15) is 30.0 Å². The van der Waals surface area contributed by atoms with E-state index in [1.807, 2.05) is 12.1 Å². The van der Waals surface area contributed by atoms with Gasteiger partial charge in [-0.2, -0.15) is 0 Å². The number of nitrogens with one attached hydrogen (secondary N) is 1. The van der Waals surface area contributed by atoms with Crippen molar-refractivity contribution < 1.29 is 14.6 Å². The third kappa shape index (κ3) is 3.24. The Balaban J connectivity index is 2.10. The number of amides is 1. The van der Waals surface area contributed by atoms with E-state index in [2.05, 4.69) is 11.4 Å². The molecule has 5 heteroatoms. The first-order valence-corrected chi connectivity index (χ1v) is 6.49. The van der Waals surface area contributed by atoms with Crippen molar-refractivity contribution in [2.75, 3.05) is 13.7 Å². The topological polar surface area (TPSA) is 84.6 Å². The van der Waals surface area contributed by atoms with E-state index < -0.39 is 12.0 Å². The third-order valence-electron chi connectivity index (χ3n) is 3.55. The first kappa shape index (κ1) is 13.8. The number of aliphatic hydroxyl groups is 1. The van der Waals surface area contributed by atoms with Gasteiger partial charge >= 0.3 is 0 Å². The van der Waals surface area contributed by atoms with Crippen LogP contribution in [0.25, 0.3) is 0 Å². The zero-order valence-corrected chi connectivity index (χ0v) is 11.1. The van der Waals surface area contributed by atoms with Gasteiger partial charge in [0.2, 0.25) is 5.91 Å². The molecule has 1 amide bonds. The highest BCUT2D eigenvalue weighted by Gasteiger charge is 2.22. The minimum atomic E-state index is -1.14. The first-order valence-electron chi connectivity index (χ1n) is 6.49. The Bertz CT molecular complexity index is 462. The van der Waals surface area contributed by atoms with Gasteiger partial charge in [-0.3, -0.25) is 4.79 Å². The molecule has 19 heavy (non-hydrogen) atoms. The molecule has 1 aromatic carbocycles. The van der Waals surface area contributed by atoms with Crippen LogP contribution in [0.2, 0.25) is 0 Å². The van der Waals surface area contributed by atoms with Gasteiger partial charge in [0.05, 0.1) is 7.11 Å². The Labute approximate surface area is 112 Å². The van der Waals surface area contributed by atoms with Crippen LogP contribution in [0.5, 0.6) is 5.75 Å². The Kier molecular flexibility index (Phi) is 4.39. The van der Waals surface area contributed by atoms with E-state index in [-0.39, 0.29) is 12.6 Å². The van der Waals surface area contributed by atoms with E-state index in [9.17, 15) is 9.90 Å². The maximum atomic E-state index is 10.8. The lowest BCUT2D eigenvalue weighted by Crippen LogP contribution is -2.39. The summed E-state index contributed by atoms with van der Waals surface area (Å²) in [7, 11) is 1.64. The zero-order valence-electron chi connectivity index (χ0n) is 11.1. The number of aliphatic hydroxyl groups excluding tert-OH is 1. The summed E-state index contributed by atoms with van der Waals surface area (Å²) in [4.78, 5) is 10.8. The molecule has 0 saturated heterocycles. The van der Waals surface area contributed by atoms with Crippen molar-refractivity contribution in [1.82, 2.24) is 5.32 Å². The van der Waals surface area contributed by atoms with Gasteiger partial charge in [0, 0.05) is 12.6 Å². The van der Waals surface area contributed by atoms with Gasteiger partial charge in [0.1, 0.15) is 11.9 Å². The molecule has 0 aliphatic heterocycles. The first-order chi connectivity index (χ1) is 9.11. The van der Waals surface area contributed by atoms with Crippen LogP contribution < -0.4 is 15.8 Å².